The Hall–Kier alpha value is -1.95. The molecule has 0 aliphatic rings. The smallest absolute Gasteiger partial charge is 0.255 e. The molecule has 1 aromatic heterocycles. The summed E-state index contributed by atoms with van der Waals surface area (Å²) in [5.41, 5.74) is 3.21. The number of aryl methyl sites for hydroxylation is 1. The van der Waals surface area contributed by atoms with Gasteiger partial charge in [-0.25, -0.2) is 0 Å². The van der Waals surface area contributed by atoms with Gasteiger partial charge in [0, 0.05) is 20.2 Å². The minimum absolute atomic E-state index is 0.107. The van der Waals surface area contributed by atoms with Gasteiger partial charge in [-0.2, -0.15) is 0 Å². The summed E-state index contributed by atoms with van der Waals surface area (Å²) in [6.45, 7) is 1.92. The molecule has 2 aromatic carbocycles. The number of hydrogen-bond acceptors (Lipinski definition) is 2. The van der Waals surface area contributed by atoms with Crippen LogP contribution in [0.3, 0.4) is 0 Å². The van der Waals surface area contributed by atoms with Crippen molar-refractivity contribution in [3.63, 3.8) is 0 Å². The van der Waals surface area contributed by atoms with Crippen molar-refractivity contribution in [2.24, 2.45) is 0 Å². The summed E-state index contributed by atoms with van der Waals surface area (Å²) in [5.74, 6) is -0.107. The normalized spacial score (nSPS) is 10.6. The Morgan fingerprint density at radius 2 is 1.90 bits per heavy atom. The van der Waals surface area contributed by atoms with E-state index in [4.69, 9.17) is 0 Å². The second-order valence-electron chi connectivity index (χ2n) is 4.79. The second kappa shape index (κ2) is 5.81. The second-order valence-corrected chi connectivity index (χ2v) is 6.04. The molecule has 0 aliphatic carbocycles. The number of halogens is 1. The van der Waals surface area contributed by atoms with Gasteiger partial charge in [0.05, 0.1) is 11.2 Å². The van der Waals surface area contributed by atoms with E-state index in [1.54, 1.807) is 0 Å². The van der Waals surface area contributed by atoms with Crippen LogP contribution in [0, 0.1) is 10.5 Å². The Kier molecular flexibility index (Phi) is 3.88. The molecule has 0 unspecified atom stereocenters. The van der Waals surface area contributed by atoms with Crippen molar-refractivity contribution < 1.29 is 4.79 Å². The fourth-order valence-electron chi connectivity index (χ4n) is 2.24. The van der Waals surface area contributed by atoms with E-state index in [1.807, 2.05) is 61.5 Å². The van der Waals surface area contributed by atoms with Crippen LogP contribution in [0.25, 0.3) is 10.9 Å². The highest BCUT2D eigenvalue weighted by atomic mass is 127. The lowest BCUT2D eigenvalue weighted by atomic mass is 10.1. The van der Waals surface area contributed by atoms with Gasteiger partial charge in [0.15, 0.2) is 0 Å². The topological polar surface area (TPSA) is 42.0 Å². The van der Waals surface area contributed by atoms with Gasteiger partial charge < -0.3 is 5.32 Å². The predicted octanol–water partition coefficient (Wildman–Crippen LogP) is 4.40. The standard InChI is InChI=1S/C17H13IN2O/c1-11-9-16(14-7-2-3-8-15(14)19-11)20-17(21)12-5-4-6-13(18)10-12/h2-10H,1H3,(H,19,20,21). The van der Waals surface area contributed by atoms with Crippen molar-refractivity contribution >= 4 is 45.1 Å². The van der Waals surface area contributed by atoms with E-state index < -0.39 is 0 Å². The van der Waals surface area contributed by atoms with E-state index in [0.29, 0.717) is 5.56 Å². The number of para-hydroxylation sites is 1. The zero-order chi connectivity index (χ0) is 14.8. The molecule has 21 heavy (non-hydrogen) atoms. The highest BCUT2D eigenvalue weighted by molar-refractivity contribution is 14.1. The summed E-state index contributed by atoms with van der Waals surface area (Å²) in [7, 11) is 0. The Morgan fingerprint density at radius 1 is 1.10 bits per heavy atom. The number of fused-ring (bicyclic) bond motifs is 1. The van der Waals surface area contributed by atoms with Crippen molar-refractivity contribution in [3.05, 3.63) is 69.4 Å². The Morgan fingerprint density at radius 3 is 2.71 bits per heavy atom. The molecule has 0 aliphatic heterocycles. The van der Waals surface area contributed by atoms with Crippen LogP contribution in [-0.2, 0) is 0 Å². The van der Waals surface area contributed by atoms with Gasteiger partial charge >= 0.3 is 0 Å². The van der Waals surface area contributed by atoms with Crippen molar-refractivity contribution in [3.8, 4) is 0 Å². The first-order valence-corrected chi connectivity index (χ1v) is 7.65. The molecule has 3 rings (SSSR count). The first-order chi connectivity index (χ1) is 10.1. The number of hydrogen-bond donors (Lipinski definition) is 1. The van der Waals surface area contributed by atoms with Gasteiger partial charge in [-0.15, -0.1) is 0 Å². The van der Waals surface area contributed by atoms with E-state index >= 15 is 0 Å². The van der Waals surface area contributed by atoms with Crippen LogP contribution in [0.4, 0.5) is 5.69 Å². The summed E-state index contributed by atoms with van der Waals surface area (Å²) in [6.07, 6.45) is 0. The lowest BCUT2D eigenvalue weighted by molar-refractivity contribution is 0.102. The Balaban J connectivity index is 2.00. The molecule has 4 heteroatoms. The van der Waals surface area contributed by atoms with Gasteiger partial charge in [0.25, 0.3) is 5.91 Å². The number of amides is 1. The van der Waals surface area contributed by atoms with Crippen LogP contribution in [0.5, 0.6) is 0 Å². The number of anilines is 1. The monoisotopic (exact) mass is 388 g/mol. The molecule has 0 bridgehead atoms. The third-order valence-electron chi connectivity index (χ3n) is 3.18. The van der Waals surface area contributed by atoms with Gasteiger partial charge in [-0.05, 0) is 59.8 Å². The van der Waals surface area contributed by atoms with E-state index in [-0.39, 0.29) is 5.91 Å². The van der Waals surface area contributed by atoms with Gasteiger partial charge in [0.1, 0.15) is 0 Å². The third-order valence-corrected chi connectivity index (χ3v) is 3.85. The Labute approximate surface area is 136 Å². The van der Waals surface area contributed by atoms with Gasteiger partial charge in [0.2, 0.25) is 0 Å². The minimum Gasteiger partial charge on any atom is -0.321 e. The van der Waals surface area contributed by atoms with Crippen LogP contribution in [-0.4, -0.2) is 10.9 Å². The maximum atomic E-state index is 12.4. The van der Waals surface area contributed by atoms with E-state index in [2.05, 4.69) is 32.9 Å². The van der Waals surface area contributed by atoms with Crippen LogP contribution in [0.2, 0.25) is 0 Å². The molecular weight excluding hydrogens is 375 g/mol. The number of pyridine rings is 1. The molecule has 3 aromatic rings. The molecule has 3 nitrogen and oxygen atoms in total. The number of carbonyl (C=O) groups is 1. The highest BCUT2D eigenvalue weighted by Crippen LogP contribution is 2.23. The fraction of sp³-hybridized carbons (Fsp3) is 0.0588. The van der Waals surface area contributed by atoms with Crippen molar-refractivity contribution in [1.29, 1.82) is 0 Å². The molecule has 0 spiro atoms. The number of rotatable bonds is 2. The maximum Gasteiger partial charge on any atom is 0.255 e. The zero-order valence-electron chi connectivity index (χ0n) is 11.4. The van der Waals surface area contributed by atoms with Crippen LogP contribution in [0.15, 0.2) is 54.6 Å². The molecule has 1 amide bonds. The number of aromatic nitrogens is 1. The summed E-state index contributed by atoms with van der Waals surface area (Å²) in [6, 6.07) is 17.2. The van der Waals surface area contributed by atoms with Crippen LogP contribution >= 0.6 is 22.6 Å². The quantitative estimate of drug-likeness (QED) is 0.662. The molecule has 1 heterocycles. The van der Waals surface area contributed by atoms with Gasteiger partial charge in [-0.1, -0.05) is 24.3 Å². The molecule has 0 atom stereocenters. The molecule has 104 valence electrons. The summed E-state index contributed by atoms with van der Waals surface area (Å²) in [4.78, 5) is 16.9. The van der Waals surface area contributed by atoms with Crippen molar-refractivity contribution in [1.82, 2.24) is 4.98 Å². The number of nitrogens with zero attached hydrogens (tertiary/aromatic N) is 1. The largest absolute Gasteiger partial charge is 0.321 e. The number of carbonyl (C=O) groups excluding carboxylic acids is 1. The van der Waals surface area contributed by atoms with Crippen molar-refractivity contribution in [2.45, 2.75) is 6.92 Å². The molecule has 0 radical (unpaired) electrons. The maximum absolute atomic E-state index is 12.4. The molecule has 0 saturated carbocycles. The van der Waals surface area contributed by atoms with Crippen LogP contribution in [0.1, 0.15) is 16.1 Å². The molecule has 0 fully saturated rings. The minimum atomic E-state index is -0.107. The predicted molar refractivity (Wildman–Crippen MR) is 93.6 cm³/mol. The Bertz CT molecular complexity index is 830. The highest BCUT2D eigenvalue weighted by Gasteiger charge is 2.09. The molecule has 1 N–H and O–H groups in total. The lowest BCUT2D eigenvalue weighted by Crippen LogP contribution is -2.12. The van der Waals surface area contributed by atoms with Gasteiger partial charge in [-0.3, -0.25) is 9.78 Å². The molecular formula is C17H13IN2O. The van der Waals surface area contributed by atoms with E-state index in [0.717, 1.165) is 25.9 Å². The SMILES string of the molecule is Cc1cc(NC(=O)c2cccc(I)c2)c2ccccc2n1. The lowest BCUT2D eigenvalue weighted by Gasteiger charge is -2.10. The van der Waals surface area contributed by atoms with Crippen molar-refractivity contribution in [2.75, 3.05) is 5.32 Å². The summed E-state index contributed by atoms with van der Waals surface area (Å²) < 4.78 is 1.04. The summed E-state index contributed by atoms with van der Waals surface area (Å²) in [5, 5.41) is 3.93. The average Bonchev–Trinajstić information content (AvgIpc) is 2.47. The zero-order valence-corrected chi connectivity index (χ0v) is 13.6. The first-order valence-electron chi connectivity index (χ1n) is 6.57. The molecule has 0 saturated heterocycles. The number of benzene rings is 2. The number of nitrogens with one attached hydrogen (secondary N) is 1. The first kappa shape index (κ1) is 14.0. The summed E-state index contributed by atoms with van der Waals surface area (Å²) >= 11 is 2.20. The van der Waals surface area contributed by atoms with Crippen LogP contribution < -0.4 is 5.32 Å². The van der Waals surface area contributed by atoms with E-state index in [9.17, 15) is 4.79 Å². The third kappa shape index (κ3) is 3.05. The fourth-order valence-corrected chi connectivity index (χ4v) is 2.78. The van der Waals surface area contributed by atoms with E-state index in [1.165, 1.54) is 0 Å². The average molecular weight is 388 g/mol.